The Balaban J connectivity index is 2.87. The molecule has 0 bridgehead atoms. The fourth-order valence-corrected chi connectivity index (χ4v) is 0.980. The van der Waals surface area contributed by atoms with Crippen molar-refractivity contribution in [2.45, 2.75) is 19.8 Å². The van der Waals surface area contributed by atoms with Crippen molar-refractivity contribution in [3.05, 3.63) is 23.5 Å². The third-order valence-electron chi connectivity index (χ3n) is 1.59. The van der Waals surface area contributed by atoms with Gasteiger partial charge < -0.3 is 10.5 Å². The Morgan fingerprint density at radius 3 is 2.57 bits per heavy atom. The molecular formula is C8H9F3N2O. The molecule has 0 saturated carbocycles. The number of halogens is 3. The topological polar surface area (TPSA) is 48.1 Å². The van der Waals surface area contributed by atoms with Crippen LogP contribution < -0.4 is 10.5 Å². The second-order valence-electron chi connectivity index (χ2n) is 2.69. The molecule has 14 heavy (non-hydrogen) atoms. The summed E-state index contributed by atoms with van der Waals surface area (Å²) in [6.07, 6.45) is -3.68. The number of nitrogens with two attached hydrogens (primary N) is 1. The maximum atomic E-state index is 11.8. The number of hydrogen-bond acceptors (Lipinski definition) is 3. The number of hydrogen-bond donors (Lipinski definition) is 1. The SMILES string of the molecule is Cc1cc(OC(F)(F)F)cnc1CN. The summed E-state index contributed by atoms with van der Waals surface area (Å²) in [5, 5.41) is 0. The summed E-state index contributed by atoms with van der Waals surface area (Å²) >= 11 is 0. The molecule has 0 unspecified atom stereocenters. The maximum absolute atomic E-state index is 11.8. The smallest absolute Gasteiger partial charge is 0.404 e. The Kier molecular flexibility index (Phi) is 2.95. The van der Waals surface area contributed by atoms with Gasteiger partial charge in [0.15, 0.2) is 0 Å². The molecule has 1 aromatic heterocycles. The minimum atomic E-state index is -4.68. The van der Waals surface area contributed by atoms with Crippen LogP contribution in [0.3, 0.4) is 0 Å². The number of pyridine rings is 1. The first-order valence-corrected chi connectivity index (χ1v) is 3.83. The van der Waals surface area contributed by atoms with Crippen molar-refractivity contribution in [3.63, 3.8) is 0 Å². The van der Waals surface area contributed by atoms with Gasteiger partial charge in [-0.3, -0.25) is 4.98 Å². The molecule has 0 aliphatic carbocycles. The second-order valence-corrected chi connectivity index (χ2v) is 2.69. The third kappa shape index (κ3) is 2.88. The number of aryl methyl sites for hydroxylation is 1. The van der Waals surface area contributed by atoms with E-state index in [2.05, 4.69) is 9.72 Å². The summed E-state index contributed by atoms with van der Waals surface area (Å²) < 4.78 is 39.0. The van der Waals surface area contributed by atoms with Crippen molar-refractivity contribution in [2.24, 2.45) is 5.73 Å². The summed E-state index contributed by atoms with van der Waals surface area (Å²) in [7, 11) is 0. The first-order valence-electron chi connectivity index (χ1n) is 3.83. The molecular weight excluding hydrogens is 197 g/mol. The average Bonchev–Trinajstić information content (AvgIpc) is 2.01. The van der Waals surface area contributed by atoms with Crippen molar-refractivity contribution in [3.8, 4) is 5.75 Å². The van der Waals surface area contributed by atoms with Gasteiger partial charge >= 0.3 is 6.36 Å². The molecule has 2 N–H and O–H groups in total. The lowest BCUT2D eigenvalue weighted by Crippen LogP contribution is -2.17. The number of alkyl halides is 3. The molecule has 0 atom stereocenters. The molecule has 1 rings (SSSR count). The van der Waals surface area contributed by atoms with Gasteiger partial charge in [-0.25, -0.2) is 0 Å². The van der Waals surface area contributed by atoms with Gasteiger partial charge in [0.05, 0.1) is 11.9 Å². The Hall–Kier alpha value is -1.30. The van der Waals surface area contributed by atoms with E-state index < -0.39 is 6.36 Å². The highest BCUT2D eigenvalue weighted by atomic mass is 19.4. The lowest BCUT2D eigenvalue weighted by Gasteiger charge is -2.09. The molecule has 1 heterocycles. The van der Waals surface area contributed by atoms with Crippen LogP contribution in [0.2, 0.25) is 0 Å². The van der Waals surface area contributed by atoms with E-state index in [9.17, 15) is 13.2 Å². The van der Waals surface area contributed by atoms with E-state index in [0.717, 1.165) is 6.20 Å². The lowest BCUT2D eigenvalue weighted by molar-refractivity contribution is -0.274. The van der Waals surface area contributed by atoms with Gasteiger partial charge in [0.1, 0.15) is 5.75 Å². The average molecular weight is 206 g/mol. The van der Waals surface area contributed by atoms with Gasteiger partial charge in [0.2, 0.25) is 0 Å². The monoisotopic (exact) mass is 206 g/mol. The predicted octanol–water partition coefficient (Wildman–Crippen LogP) is 1.75. The van der Waals surface area contributed by atoms with Crippen LogP contribution in [0.4, 0.5) is 13.2 Å². The number of ether oxygens (including phenoxy) is 1. The van der Waals surface area contributed by atoms with Gasteiger partial charge in [-0.1, -0.05) is 0 Å². The maximum Gasteiger partial charge on any atom is 0.573 e. The number of rotatable bonds is 2. The summed E-state index contributed by atoms with van der Waals surface area (Å²) in [5.74, 6) is -0.327. The van der Waals surface area contributed by atoms with Crippen LogP contribution in [0, 0.1) is 6.92 Å². The van der Waals surface area contributed by atoms with E-state index in [0.29, 0.717) is 11.3 Å². The van der Waals surface area contributed by atoms with Gasteiger partial charge in [-0.2, -0.15) is 0 Å². The van der Waals surface area contributed by atoms with E-state index in [4.69, 9.17) is 5.73 Å². The zero-order valence-electron chi connectivity index (χ0n) is 7.43. The first-order chi connectivity index (χ1) is 6.42. The largest absolute Gasteiger partial charge is 0.573 e. The van der Waals surface area contributed by atoms with Crippen molar-refractivity contribution in [2.75, 3.05) is 0 Å². The van der Waals surface area contributed by atoms with E-state index in [-0.39, 0.29) is 12.3 Å². The summed E-state index contributed by atoms with van der Waals surface area (Å²) in [6.45, 7) is 1.82. The van der Waals surface area contributed by atoms with Crippen LogP contribution in [0.5, 0.6) is 5.75 Å². The van der Waals surface area contributed by atoms with Gasteiger partial charge in [-0.05, 0) is 18.6 Å². The van der Waals surface area contributed by atoms with Gasteiger partial charge in [-0.15, -0.1) is 13.2 Å². The summed E-state index contributed by atoms with van der Waals surface area (Å²) in [4.78, 5) is 3.73. The Morgan fingerprint density at radius 2 is 2.14 bits per heavy atom. The van der Waals surface area contributed by atoms with E-state index >= 15 is 0 Å². The second kappa shape index (κ2) is 3.83. The van der Waals surface area contributed by atoms with Crippen LogP contribution in [0.1, 0.15) is 11.3 Å². The van der Waals surface area contributed by atoms with Crippen LogP contribution in [0.15, 0.2) is 12.3 Å². The third-order valence-corrected chi connectivity index (χ3v) is 1.59. The number of nitrogens with zero attached hydrogens (tertiary/aromatic N) is 1. The molecule has 0 aliphatic rings. The van der Waals surface area contributed by atoms with Gasteiger partial charge in [0, 0.05) is 6.54 Å². The van der Waals surface area contributed by atoms with Crippen molar-refractivity contribution < 1.29 is 17.9 Å². The first kappa shape index (κ1) is 10.8. The molecule has 6 heteroatoms. The molecule has 0 radical (unpaired) electrons. The van der Waals surface area contributed by atoms with Crippen LogP contribution in [-0.4, -0.2) is 11.3 Å². The quantitative estimate of drug-likeness (QED) is 0.801. The molecule has 0 amide bonds. The van der Waals surface area contributed by atoms with E-state index in [1.165, 1.54) is 6.07 Å². The van der Waals surface area contributed by atoms with Crippen LogP contribution >= 0.6 is 0 Å². The van der Waals surface area contributed by atoms with Crippen molar-refractivity contribution in [1.29, 1.82) is 0 Å². The van der Waals surface area contributed by atoms with Crippen LogP contribution in [-0.2, 0) is 6.54 Å². The predicted molar refractivity (Wildman–Crippen MR) is 43.5 cm³/mol. The molecule has 0 aromatic carbocycles. The Morgan fingerprint density at radius 1 is 1.50 bits per heavy atom. The molecule has 78 valence electrons. The molecule has 0 saturated heterocycles. The standard InChI is InChI=1S/C8H9F3N2O/c1-5-2-6(14-8(9,10)11)4-13-7(5)3-12/h2,4H,3,12H2,1H3. The molecule has 0 aliphatic heterocycles. The fourth-order valence-electron chi connectivity index (χ4n) is 0.980. The lowest BCUT2D eigenvalue weighted by atomic mass is 10.2. The Bertz CT molecular complexity index is 325. The zero-order valence-corrected chi connectivity index (χ0v) is 7.43. The highest BCUT2D eigenvalue weighted by molar-refractivity contribution is 5.28. The number of aromatic nitrogens is 1. The van der Waals surface area contributed by atoms with Crippen molar-refractivity contribution in [1.82, 2.24) is 4.98 Å². The van der Waals surface area contributed by atoms with Gasteiger partial charge in [0.25, 0.3) is 0 Å². The normalized spacial score (nSPS) is 11.5. The highest BCUT2D eigenvalue weighted by Crippen LogP contribution is 2.23. The van der Waals surface area contributed by atoms with Crippen molar-refractivity contribution >= 4 is 0 Å². The van der Waals surface area contributed by atoms with Crippen LogP contribution in [0.25, 0.3) is 0 Å². The zero-order chi connectivity index (χ0) is 10.8. The summed E-state index contributed by atoms with van der Waals surface area (Å²) in [5.41, 5.74) is 6.44. The fraction of sp³-hybridized carbons (Fsp3) is 0.375. The van der Waals surface area contributed by atoms with E-state index in [1.807, 2.05) is 0 Å². The minimum absolute atomic E-state index is 0.193. The molecule has 1 aromatic rings. The molecule has 0 spiro atoms. The molecule has 3 nitrogen and oxygen atoms in total. The minimum Gasteiger partial charge on any atom is -0.404 e. The Labute approximate surface area is 78.7 Å². The van der Waals surface area contributed by atoms with E-state index in [1.54, 1.807) is 6.92 Å². The molecule has 0 fully saturated rings. The highest BCUT2D eigenvalue weighted by Gasteiger charge is 2.31. The summed E-state index contributed by atoms with van der Waals surface area (Å²) in [6, 6.07) is 1.25.